The van der Waals surface area contributed by atoms with Crippen molar-refractivity contribution in [1.82, 2.24) is 9.80 Å². The van der Waals surface area contributed by atoms with E-state index in [1.165, 1.54) is 6.42 Å². The van der Waals surface area contributed by atoms with Crippen LogP contribution in [-0.2, 0) is 9.53 Å². The van der Waals surface area contributed by atoms with E-state index < -0.39 is 0 Å². The maximum Gasteiger partial charge on any atom is 0.239 e. The molecule has 0 aromatic rings. The van der Waals surface area contributed by atoms with E-state index in [0.717, 1.165) is 32.5 Å². The number of likely N-dealkylation sites (tertiary alicyclic amines) is 1. The number of carbonyl (C=O) groups excluding carboxylic acids is 1. The monoisotopic (exact) mass is 256 g/mol. The van der Waals surface area contributed by atoms with E-state index in [1.807, 2.05) is 11.8 Å². The van der Waals surface area contributed by atoms with Gasteiger partial charge in [0.15, 0.2) is 0 Å². The minimum atomic E-state index is -0.149. The SMILES string of the molecule is CC(C(=O)N1CCCCC1)N1CCOCC1CO. The zero-order chi connectivity index (χ0) is 13.0. The highest BCUT2D eigenvalue weighted by atomic mass is 16.5. The van der Waals surface area contributed by atoms with Crippen molar-refractivity contribution in [2.24, 2.45) is 0 Å². The Balaban J connectivity index is 1.95. The normalized spacial score (nSPS) is 28.1. The van der Waals surface area contributed by atoms with Crippen molar-refractivity contribution < 1.29 is 14.6 Å². The average Bonchev–Trinajstić information content (AvgIpc) is 2.46. The molecule has 2 aliphatic heterocycles. The molecule has 5 heteroatoms. The van der Waals surface area contributed by atoms with Crippen LogP contribution in [0.3, 0.4) is 0 Å². The highest BCUT2D eigenvalue weighted by Crippen LogP contribution is 2.16. The van der Waals surface area contributed by atoms with Crippen LogP contribution >= 0.6 is 0 Å². The minimum absolute atomic E-state index is 0.0394. The molecular formula is C13H24N2O3. The van der Waals surface area contributed by atoms with Gasteiger partial charge in [-0.25, -0.2) is 0 Å². The van der Waals surface area contributed by atoms with Gasteiger partial charge in [-0.05, 0) is 26.2 Å². The molecule has 2 fully saturated rings. The zero-order valence-electron chi connectivity index (χ0n) is 11.2. The Hall–Kier alpha value is -0.650. The molecule has 0 saturated carbocycles. The maximum atomic E-state index is 12.4. The van der Waals surface area contributed by atoms with Gasteiger partial charge in [0.25, 0.3) is 0 Å². The molecule has 0 bridgehead atoms. The Labute approximate surface area is 109 Å². The van der Waals surface area contributed by atoms with Crippen molar-refractivity contribution in [3.8, 4) is 0 Å². The first-order valence-corrected chi connectivity index (χ1v) is 6.97. The number of aliphatic hydroxyl groups is 1. The summed E-state index contributed by atoms with van der Waals surface area (Å²) >= 11 is 0. The Morgan fingerprint density at radius 1 is 1.33 bits per heavy atom. The third kappa shape index (κ3) is 3.02. The lowest BCUT2D eigenvalue weighted by Gasteiger charge is -2.40. The molecule has 104 valence electrons. The summed E-state index contributed by atoms with van der Waals surface area (Å²) in [5.41, 5.74) is 0. The number of aliphatic hydroxyl groups excluding tert-OH is 1. The van der Waals surface area contributed by atoms with Crippen LogP contribution in [0.5, 0.6) is 0 Å². The molecule has 2 rings (SSSR count). The number of piperidine rings is 1. The van der Waals surface area contributed by atoms with E-state index >= 15 is 0 Å². The minimum Gasteiger partial charge on any atom is -0.395 e. The third-order valence-electron chi connectivity index (χ3n) is 4.01. The van der Waals surface area contributed by atoms with E-state index in [0.29, 0.717) is 13.2 Å². The van der Waals surface area contributed by atoms with Gasteiger partial charge in [-0.1, -0.05) is 0 Å². The summed E-state index contributed by atoms with van der Waals surface area (Å²) in [6.07, 6.45) is 3.46. The van der Waals surface area contributed by atoms with Crippen LogP contribution in [-0.4, -0.2) is 72.4 Å². The van der Waals surface area contributed by atoms with Crippen LogP contribution in [0.15, 0.2) is 0 Å². The largest absolute Gasteiger partial charge is 0.395 e. The van der Waals surface area contributed by atoms with Crippen molar-refractivity contribution in [1.29, 1.82) is 0 Å². The number of amides is 1. The van der Waals surface area contributed by atoms with Crippen molar-refractivity contribution in [3.63, 3.8) is 0 Å². The predicted molar refractivity (Wildman–Crippen MR) is 68.3 cm³/mol. The molecule has 2 atom stereocenters. The van der Waals surface area contributed by atoms with Crippen molar-refractivity contribution in [2.75, 3.05) is 39.5 Å². The fourth-order valence-electron chi connectivity index (χ4n) is 2.86. The Morgan fingerprint density at radius 2 is 2.06 bits per heavy atom. The van der Waals surface area contributed by atoms with Crippen LogP contribution in [0.1, 0.15) is 26.2 Å². The van der Waals surface area contributed by atoms with Crippen LogP contribution in [0.25, 0.3) is 0 Å². The number of carbonyl (C=O) groups is 1. The van der Waals surface area contributed by atoms with Crippen LogP contribution in [0, 0.1) is 0 Å². The van der Waals surface area contributed by atoms with Crippen molar-refractivity contribution in [3.05, 3.63) is 0 Å². The molecule has 0 aromatic heterocycles. The first-order chi connectivity index (χ1) is 8.74. The predicted octanol–water partition coefficient (Wildman–Crippen LogP) is 0.0805. The number of rotatable bonds is 3. The maximum absolute atomic E-state index is 12.4. The first kappa shape index (κ1) is 13.8. The van der Waals surface area contributed by atoms with Gasteiger partial charge in [0.2, 0.25) is 5.91 Å². The lowest BCUT2D eigenvalue weighted by atomic mass is 10.1. The summed E-state index contributed by atoms with van der Waals surface area (Å²) in [6.45, 7) is 5.67. The van der Waals surface area contributed by atoms with Gasteiger partial charge in [-0.15, -0.1) is 0 Å². The molecule has 0 aliphatic carbocycles. The van der Waals surface area contributed by atoms with E-state index in [1.54, 1.807) is 0 Å². The number of nitrogens with zero attached hydrogens (tertiary/aromatic N) is 2. The highest BCUT2D eigenvalue weighted by Gasteiger charge is 2.32. The van der Waals surface area contributed by atoms with Crippen LogP contribution in [0.2, 0.25) is 0 Å². The Morgan fingerprint density at radius 3 is 2.72 bits per heavy atom. The lowest BCUT2D eigenvalue weighted by Crippen LogP contribution is -2.57. The van der Waals surface area contributed by atoms with Crippen molar-refractivity contribution in [2.45, 2.75) is 38.3 Å². The third-order valence-corrected chi connectivity index (χ3v) is 4.01. The summed E-state index contributed by atoms with van der Waals surface area (Å²) in [4.78, 5) is 16.5. The van der Waals surface area contributed by atoms with Gasteiger partial charge in [0, 0.05) is 19.6 Å². The molecule has 0 spiro atoms. The van der Waals surface area contributed by atoms with Crippen LogP contribution < -0.4 is 0 Å². The second kappa shape index (κ2) is 6.50. The molecule has 2 aliphatic rings. The molecule has 2 heterocycles. The molecule has 5 nitrogen and oxygen atoms in total. The van der Waals surface area contributed by atoms with Crippen molar-refractivity contribution >= 4 is 5.91 Å². The second-order valence-corrected chi connectivity index (χ2v) is 5.21. The van der Waals surface area contributed by atoms with E-state index in [4.69, 9.17) is 4.74 Å². The standard InChI is InChI=1S/C13H24N2O3/c1-11(13(17)14-5-3-2-4-6-14)15-7-8-18-10-12(15)9-16/h11-12,16H,2-10H2,1H3. The zero-order valence-corrected chi connectivity index (χ0v) is 11.2. The quantitative estimate of drug-likeness (QED) is 0.777. The highest BCUT2D eigenvalue weighted by molar-refractivity contribution is 5.81. The number of hydrogen-bond donors (Lipinski definition) is 1. The number of hydrogen-bond acceptors (Lipinski definition) is 4. The van der Waals surface area contributed by atoms with E-state index in [-0.39, 0.29) is 24.6 Å². The summed E-state index contributed by atoms with van der Waals surface area (Å²) in [7, 11) is 0. The lowest BCUT2D eigenvalue weighted by molar-refractivity contribution is -0.142. The smallest absolute Gasteiger partial charge is 0.239 e. The fourth-order valence-corrected chi connectivity index (χ4v) is 2.86. The molecule has 0 aromatic carbocycles. The Kier molecular flexibility index (Phi) is 4.97. The molecule has 1 amide bonds. The summed E-state index contributed by atoms with van der Waals surface area (Å²) in [6, 6.07) is -0.188. The topological polar surface area (TPSA) is 53.0 Å². The van der Waals surface area contributed by atoms with Gasteiger partial charge < -0.3 is 14.7 Å². The summed E-state index contributed by atoms with van der Waals surface area (Å²) < 4.78 is 5.35. The van der Waals surface area contributed by atoms with E-state index in [9.17, 15) is 9.90 Å². The molecule has 18 heavy (non-hydrogen) atoms. The number of morpholine rings is 1. The average molecular weight is 256 g/mol. The fraction of sp³-hybridized carbons (Fsp3) is 0.923. The van der Waals surface area contributed by atoms with Gasteiger partial charge in [0.1, 0.15) is 0 Å². The molecule has 2 saturated heterocycles. The van der Waals surface area contributed by atoms with Gasteiger partial charge in [-0.3, -0.25) is 9.69 Å². The number of ether oxygens (including phenoxy) is 1. The van der Waals surface area contributed by atoms with Gasteiger partial charge in [-0.2, -0.15) is 0 Å². The summed E-state index contributed by atoms with van der Waals surface area (Å²) in [5.74, 6) is 0.204. The van der Waals surface area contributed by atoms with Gasteiger partial charge in [0.05, 0.1) is 31.9 Å². The molecule has 0 radical (unpaired) electrons. The first-order valence-electron chi connectivity index (χ1n) is 6.97. The molecule has 2 unspecified atom stereocenters. The summed E-state index contributed by atoms with van der Waals surface area (Å²) in [5, 5.41) is 9.36. The van der Waals surface area contributed by atoms with E-state index in [2.05, 4.69) is 4.90 Å². The molecular weight excluding hydrogens is 232 g/mol. The Bertz CT molecular complexity index is 279. The second-order valence-electron chi connectivity index (χ2n) is 5.21. The van der Waals surface area contributed by atoms with Crippen LogP contribution in [0.4, 0.5) is 0 Å². The van der Waals surface area contributed by atoms with Gasteiger partial charge >= 0.3 is 0 Å². The molecule has 1 N–H and O–H groups in total.